The quantitative estimate of drug-likeness (QED) is 0.793. The van der Waals surface area contributed by atoms with Gasteiger partial charge in [-0.2, -0.15) is 4.98 Å². The predicted molar refractivity (Wildman–Crippen MR) is 56.6 cm³/mol. The number of aryl methyl sites for hydroxylation is 1. The third kappa shape index (κ3) is 1.63. The first-order valence-corrected chi connectivity index (χ1v) is 4.82. The third-order valence-electron chi connectivity index (χ3n) is 1.77. The topological polar surface area (TPSA) is 64.9 Å². The van der Waals surface area contributed by atoms with Crippen LogP contribution in [0.15, 0.2) is 27.2 Å². The van der Waals surface area contributed by atoms with Crippen LogP contribution in [-0.4, -0.2) is 10.1 Å². The van der Waals surface area contributed by atoms with E-state index in [2.05, 4.69) is 26.1 Å². The maximum Gasteiger partial charge on any atom is 0.257 e. The molecule has 0 unspecified atom stereocenters. The number of nitrogens with two attached hydrogens (primary N) is 1. The van der Waals surface area contributed by atoms with E-state index in [0.717, 1.165) is 10.0 Å². The highest BCUT2D eigenvalue weighted by Gasteiger charge is 2.07. The molecule has 72 valence electrons. The molecule has 1 aromatic carbocycles. The van der Waals surface area contributed by atoms with E-state index in [1.165, 1.54) is 0 Å². The first-order valence-electron chi connectivity index (χ1n) is 4.02. The molecule has 0 radical (unpaired) electrons. The van der Waals surface area contributed by atoms with Crippen LogP contribution in [0.3, 0.4) is 0 Å². The van der Waals surface area contributed by atoms with Crippen LogP contribution in [0.2, 0.25) is 0 Å². The Bertz CT molecular complexity index is 467. The first kappa shape index (κ1) is 9.21. The van der Waals surface area contributed by atoms with Crippen LogP contribution in [0.1, 0.15) is 5.82 Å². The normalized spacial score (nSPS) is 10.4. The molecule has 0 saturated heterocycles. The third-order valence-corrected chi connectivity index (χ3v) is 2.46. The fourth-order valence-electron chi connectivity index (χ4n) is 1.07. The second kappa shape index (κ2) is 3.42. The van der Waals surface area contributed by atoms with Gasteiger partial charge in [-0.3, -0.25) is 0 Å². The van der Waals surface area contributed by atoms with Gasteiger partial charge in [0, 0.05) is 15.7 Å². The van der Waals surface area contributed by atoms with Crippen LogP contribution < -0.4 is 5.73 Å². The highest BCUT2D eigenvalue weighted by molar-refractivity contribution is 9.10. The second-order valence-corrected chi connectivity index (χ2v) is 3.74. The van der Waals surface area contributed by atoms with Gasteiger partial charge in [-0.1, -0.05) is 5.16 Å². The maximum absolute atomic E-state index is 5.66. The van der Waals surface area contributed by atoms with Crippen molar-refractivity contribution in [3.05, 3.63) is 28.5 Å². The monoisotopic (exact) mass is 253 g/mol. The smallest absolute Gasteiger partial charge is 0.257 e. The number of hydrogen-bond acceptors (Lipinski definition) is 4. The molecule has 0 bridgehead atoms. The van der Waals surface area contributed by atoms with Gasteiger partial charge in [0.25, 0.3) is 5.89 Å². The molecular weight excluding hydrogens is 246 g/mol. The lowest BCUT2D eigenvalue weighted by molar-refractivity contribution is 0.425. The highest BCUT2D eigenvalue weighted by Crippen LogP contribution is 2.26. The van der Waals surface area contributed by atoms with E-state index in [0.29, 0.717) is 17.4 Å². The van der Waals surface area contributed by atoms with E-state index in [-0.39, 0.29) is 0 Å². The van der Waals surface area contributed by atoms with Crippen molar-refractivity contribution in [3.63, 3.8) is 0 Å². The van der Waals surface area contributed by atoms with Gasteiger partial charge in [-0.15, -0.1) is 0 Å². The Kier molecular flexibility index (Phi) is 2.25. The van der Waals surface area contributed by atoms with Crippen LogP contribution in [-0.2, 0) is 0 Å². The van der Waals surface area contributed by atoms with Crippen molar-refractivity contribution in [2.75, 3.05) is 5.73 Å². The van der Waals surface area contributed by atoms with E-state index in [1.807, 2.05) is 12.1 Å². The van der Waals surface area contributed by atoms with Crippen molar-refractivity contribution < 1.29 is 4.52 Å². The first-order chi connectivity index (χ1) is 6.66. The Labute approximate surface area is 89.2 Å². The lowest BCUT2D eigenvalue weighted by Gasteiger charge is -1.98. The van der Waals surface area contributed by atoms with Crippen molar-refractivity contribution in [2.45, 2.75) is 6.92 Å². The summed E-state index contributed by atoms with van der Waals surface area (Å²) in [5.41, 5.74) is 7.20. The van der Waals surface area contributed by atoms with Gasteiger partial charge < -0.3 is 10.3 Å². The molecule has 0 aliphatic carbocycles. The van der Waals surface area contributed by atoms with Gasteiger partial charge in [-0.25, -0.2) is 0 Å². The van der Waals surface area contributed by atoms with Gasteiger partial charge in [0.2, 0.25) is 0 Å². The molecular formula is C9H8BrN3O. The molecule has 0 atom stereocenters. The molecule has 0 fully saturated rings. The standard InChI is InChI=1S/C9H8BrN3O/c1-5-12-9(14-13-5)6-2-3-8(11)7(10)4-6/h2-4H,11H2,1H3. The fourth-order valence-corrected chi connectivity index (χ4v) is 1.45. The van der Waals surface area contributed by atoms with E-state index in [1.54, 1.807) is 13.0 Å². The van der Waals surface area contributed by atoms with E-state index in [4.69, 9.17) is 10.3 Å². The summed E-state index contributed by atoms with van der Waals surface area (Å²) in [7, 11) is 0. The van der Waals surface area contributed by atoms with E-state index >= 15 is 0 Å². The number of nitrogen functional groups attached to an aromatic ring is 1. The van der Waals surface area contributed by atoms with Crippen molar-refractivity contribution in [3.8, 4) is 11.5 Å². The summed E-state index contributed by atoms with van der Waals surface area (Å²) in [5.74, 6) is 1.12. The van der Waals surface area contributed by atoms with Crippen molar-refractivity contribution in [1.29, 1.82) is 0 Å². The molecule has 0 aliphatic rings. The summed E-state index contributed by atoms with van der Waals surface area (Å²) in [6.45, 7) is 1.78. The molecule has 5 heteroatoms. The molecule has 2 N–H and O–H groups in total. The van der Waals surface area contributed by atoms with Crippen LogP contribution in [0.5, 0.6) is 0 Å². The number of benzene rings is 1. The molecule has 1 aromatic heterocycles. The van der Waals surface area contributed by atoms with Crippen LogP contribution in [0.4, 0.5) is 5.69 Å². The summed E-state index contributed by atoms with van der Waals surface area (Å²) in [5, 5.41) is 3.71. The maximum atomic E-state index is 5.66. The lowest BCUT2D eigenvalue weighted by Crippen LogP contribution is -1.86. The zero-order chi connectivity index (χ0) is 10.1. The lowest BCUT2D eigenvalue weighted by atomic mass is 10.2. The number of anilines is 1. The van der Waals surface area contributed by atoms with Gasteiger partial charge in [0.15, 0.2) is 5.82 Å². The Morgan fingerprint density at radius 1 is 1.43 bits per heavy atom. The summed E-state index contributed by atoms with van der Waals surface area (Å²) in [4.78, 5) is 4.11. The van der Waals surface area contributed by atoms with Gasteiger partial charge in [0.1, 0.15) is 0 Å². The number of rotatable bonds is 1. The molecule has 2 aromatic rings. The average molecular weight is 254 g/mol. The van der Waals surface area contributed by atoms with E-state index in [9.17, 15) is 0 Å². The molecule has 1 heterocycles. The van der Waals surface area contributed by atoms with Crippen LogP contribution in [0, 0.1) is 6.92 Å². The van der Waals surface area contributed by atoms with Crippen molar-refractivity contribution in [1.82, 2.24) is 10.1 Å². The minimum Gasteiger partial charge on any atom is -0.398 e. The largest absolute Gasteiger partial charge is 0.398 e. The molecule has 0 saturated carbocycles. The Morgan fingerprint density at radius 3 is 2.79 bits per heavy atom. The summed E-state index contributed by atoms with van der Waals surface area (Å²) < 4.78 is 5.85. The molecule has 0 amide bonds. The summed E-state index contributed by atoms with van der Waals surface area (Å²) in [6.07, 6.45) is 0. The minimum absolute atomic E-state index is 0.503. The molecule has 0 aliphatic heterocycles. The zero-order valence-corrected chi connectivity index (χ0v) is 9.08. The van der Waals surface area contributed by atoms with Crippen molar-refractivity contribution in [2.24, 2.45) is 0 Å². The minimum atomic E-state index is 0.503. The predicted octanol–water partition coefficient (Wildman–Crippen LogP) is 2.39. The van der Waals surface area contributed by atoms with Gasteiger partial charge in [-0.05, 0) is 41.1 Å². The summed E-state index contributed by atoms with van der Waals surface area (Å²) in [6, 6.07) is 5.48. The van der Waals surface area contributed by atoms with Crippen LogP contribution in [0.25, 0.3) is 11.5 Å². The number of halogens is 1. The SMILES string of the molecule is Cc1noc(-c2ccc(N)c(Br)c2)n1. The number of hydrogen-bond donors (Lipinski definition) is 1. The average Bonchev–Trinajstić information content (AvgIpc) is 2.57. The number of nitrogens with zero attached hydrogens (tertiary/aromatic N) is 2. The van der Waals surface area contributed by atoms with Crippen molar-refractivity contribution >= 4 is 21.6 Å². The zero-order valence-electron chi connectivity index (χ0n) is 7.49. The fraction of sp³-hybridized carbons (Fsp3) is 0.111. The van der Waals surface area contributed by atoms with Gasteiger partial charge >= 0.3 is 0 Å². The molecule has 4 nitrogen and oxygen atoms in total. The summed E-state index contributed by atoms with van der Waals surface area (Å²) >= 11 is 3.34. The molecule has 0 spiro atoms. The molecule has 2 rings (SSSR count). The number of aromatic nitrogens is 2. The Morgan fingerprint density at radius 2 is 2.21 bits per heavy atom. The Balaban J connectivity index is 2.47. The Hall–Kier alpha value is -1.36. The van der Waals surface area contributed by atoms with Crippen LogP contribution >= 0.6 is 15.9 Å². The second-order valence-electron chi connectivity index (χ2n) is 2.88. The van der Waals surface area contributed by atoms with Gasteiger partial charge in [0.05, 0.1) is 0 Å². The van der Waals surface area contributed by atoms with E-state index < -0.39 is 0 Å². The molecule has 14 heavy (non-hydrogen) atoms. The highest BCUT2D eigenvalue weighted by atomic mass is 79.9.